The molecule has 1 amide bonds. The molecule has 7 heteroatoms. The number of ether oxygens (including phenoxy) is 2. The Morgan fingerprint density at radius 3 is 2.67 bits per heavy atom. The summed E-state index contributed by atoms with van der Waals surface area (Å²) < 4.78 is 10.6. The van der Waals surface area contributed by atoms with Gasteiger partial charge in [-0.3, -0.25) is 4.79 Å². The van der Waals surface area contributed by atoms with Crippen molar-refractivity contribution in [1.82, 2.24) is 10.2 Å². The molecule has 2 heterocycles. The van der Waals surface area contributed by atoms with Crippen molar-refractivity contribution in [3.05, 3.63) is 65.4 Å². The molecule has 7 nitrogen and oxygen atoms in total. The van der Waals surface area contributed by atoms with Crippen LogP contribution in [0.15, 0.2) is 48.5 Å². The number of amides is 1. The summed E-state index contributed by atoms with van der Waals surface area (Å²) in [6, 6.07) is 14.6. The third kappa shape index (κ3) is 3.52. The first-order valence-corrected chi connectivity index (χ1v) is 8.48. The van der Waals surface area contributed by atoms with Gasteiger partial charge in [-0.2, -0.15) is 0 Å². The summed E-state index contributed by atoms with van der Waals surface area (Å²) in [6.07, 6.45) is 0. The summed E-state index contributed by atoms with van der Waals surface area (Å²) in [5, 5.41) is 14.1. The molecule has 136 valence electrons. The monoisotopic (exact) mass is 362 g/mol. The number of carbonyl (C=O) groups excluding carboxylic acids is 1. The molecule has 2 N–H and O–H groups in total. The summed E-state index contributed by atoms with van der Waals surface area (Å²) in [5.74, 6) is 1.62. The Morgan fingerprint density at radius 2 is 1.85 bits per heavy atom. The number of benzene rings is 2. The first kappa shape index (κ1) is 16.8. The van der Waals surface area contributed by atoms with E-state index in [1.54, 1.807) is 12.1 Å². The van der Waals surface area contributed by atoms with Gasteiger partial charge in [0.25, 0.3) is 5.91 Å². The molecular weight excluding hydrogens is 344 g/mol. The average molecular weight is 362 g/mol. The van der Waals surface area contributed by atoms with Crippen molar-refractivity contribution in [2.45, 2.75) is 13.8 Å². The molecule has 1 aliphatic rings. The van der Waals surface area contributed by atoms with E-state index in [1.165, 1.54) is 0 Å². The topological polar surface area (TPSA) is 85.4 Å². The lowest BCUT2D eigenvalue weighted by Gasteiger charge is -2.10. The van der Waals surface area contributed by atoms with Crippen molar-refractivity contribution >= 4 is 23.1 Å². The molecule has 0 saturated heterocycles. The lowest BCUT2D eigenvalue weighted by Crippen LogP contribution is -2.15. The summed E-state index contributed by atoms with van der Waals surface area (Å²) in [6.45, 7) is 4.19. The number of nitrogens with one attached hydrogen (secondary N) is 2. The van der Waals surface area contributed by atoms with Gasteiger partial charge in [0.2, 0.25) is 6.79 Å². The van der Waals surface area contributed by atoms with Crippen LogP contribution in [0.5, 0.6) is 11.5 Å². The number of hydrogen-bond donors (Lipinski definition) is 2. The second-order valence-corrected chi connectivity index (χ2v) is 6.20. The molecule has 2 aromatic carbocycles. The molecule has 3 aromatic rings. The van der Waals surface area contributed by atoms with Crippen molar-refractivity contribution in [3.63, 3.8) is 0 Å². The van der Waals surface area contributed by atoms with Crippen LogP contribution in [0.3, 0.4) is 0 Å². The maximum Gasteiger partial charge on any atom is 0.276 e. The van der Waals surface area contributed by atoms with Gasteiger partial charge in [-0.1, -0.05) is 12.1 Å². The third-order valence-electron chi connectivity index (χ3n) is 4.39. The molecule has 4 rings (SSSR count). The first-order chi connectivity index (χ1) is 13.1. The van der Waals surface area contributed by atoms with Crippen LogP contribution in [-0.2, 0) is 0 Å². The van der Waals surface area contributed by atoms with Crippen LogP contribution in [0, 0.1) is 13.8 Å². The summed E-state index contributed by atoms with van der Waals surface area (Å²) in [4.78, 5) is 12.4. The molecular formula is C20H18N4O3. The molecule has 0 bridgehead atoms. The number of nitrogens with zero attached hydrogens (tertiary/aromatic N) is 2. The molecule has 27 heavy (non-hydrogen) atoms. The van der Waals surface area contributed by atoms with Crippen LogP contribution in [0.1, 0.15) is 21.6 Å². The van der Waals surface area contributed by atoms with Gasteiger partial charge >= 0.3 is 0 Å². The van der Waals surface area contributed by atoms with Crippen LogP contribution < -0.4 is 20.1 Å². The highest BCUT2D eigenvalue weighted by atomic mass is 16.7. The second-order valence-electron chi connectivity index (χ2n) is 6.20. The van der Waals surface area contributed by atoms with E-state index >= 15 is 0 Å². The number of fused-ring (bicyclic) bond motifs is 1. The Bertz CT molecular complexity index is 1000. The Balaban J connectivity index is 1.45. The van der Waals surface area contributed by atoms with Gasteiger partial charge in [0.15, 0.2) is 23.0 Å². The minimum Gasteiger partial charge on any atom is -0.454 e. The fraction of sp³-hybridized carbons (Fsp3) is 0.150. The SMILES string of the molecule is Cc1cccc(NC(=O)c2ccc(Nc3ccc4c(c3)OCO4)nn2)c1C. The molecule has 1 aromatic heterocycles. The third-order valence-corrected chi connectivity index (χ3v) is 4.39. The maximum atomic E-state index is 12.4. The number of hydrogen-bond acceptors (Lipinski definition) is 6. The fourth-order valence-corrected chi connectivity index (χ4v) is 2.72. The largest absolute Gasteiger partial charge is 0.454 e. The predicted octanol–water partition coefficient (Wildman–Crippen LogP) is 3.82. The average Bonchev–Trinajstić information content (AvgIpc) is 3.14. The Hall–Kier alpha value is -3.61. The minimum absolute atomic E-state index is 0.225. The van der Waals surface area contributed by atoms with E-state index in [-0.39, 0.29) is 18.4 Å². The van der Waals surface area contributed by atoms with E-state index < -0.39 is 0 Å². The van der Waals surface area contributed by atoms with Crippen molar-refractivity contribution < 1.29 is 14.3 Å². The summed E-state index contributed by atoms with van der Waals surface area (Å²) in [5.41, 5.74) is 3.94. The zero-order chi connectivity index (χ0) is 18.8. The highest BCUT2D eigenvalue weighted by Crippen LogP contribution is 2.34. The number of aryl methyl sites for hydroxylation is 1. The van der Waals surface area contributed by atoms with Crippen LogP contribution >= 0.6 is 0 Å². The van der Waals surface area contributed by atoms with Gasteiger partial charge in [0, 0.05) is 17.4 Å². The first-order valence-electron chi connectivity index (χ1n) is 8.48. The van der Waals surface area contributed by atoms with Gasteiger partial charge in [-0.05, 0) is 55.3 Å². The molecule has 0 saturated carbocycles. The van der Waals surface area contributed by atoms with Crippen LogP contribution in [-0.4, -0.2) is 22.9 Å². The van der Waals surface area contributed by atoms with E-state index in [9.17, 15) is 4.79 Å². The van der Waals surface area contributed by atoms with Crippen LogP contribution in [0.2, 0.25) is 0 Å². The molecule has 0 atom stereocenters. The lowest BCUT2D eigenvalue weighted by atomic mass is 10.1. The Morgan fingerprint density at radius 1 is 1.00 bits per heavy atom. The molecule has 0 fully saturated rings. The van der Waals surface area contributed by atoms with Gasteiger partial charge in [-0.15, -0.1) is 10.2 Å². The Kier molecular flexibility index (Phi) is 4.33. The van der Waals surface area contributed by atoms with Crippen LogP contribution in [0.25, 0.3) is 0 Å². The smallest absolute Gasteiger partial charge is 0.276 e. The van der Waals surface area contributed by atoms with Crippen molar-refractivity contribution in [1.29, 1.82) is 0 Å². The second kappa shape index (κ2) is 6.95. The van der Waals surface area contributed by atoms with Gasteiger partial charge in [0.1, 0.15) is 0 Å². The number of rotatable bonds is 4. The molecule has 0 unspecified atom stereocenters. The number of carbonyl (C=O) groups is 1. The molecule has 0 spiro atoms. The minimum atomic E-state index is -0.300. The zero-order valence-corrected chi connectivity index (χ0v) is 14.9. The normalized spacial score (nSPS) is 11.9. The molecule has 0 radical (unpaired) electrons. The maximum absolute atomic E-state index is 12.4. The fourth-order valence-electron chi connectivity index (χ4n) is 2.72. The van der Waals surface area contributed by atoms with Gasteiger partial charge < -0.3 is 20.1 Å². The number of anilines is 3. The number of aromatic nitrogens is 2. The van der Waals surface area contributed by atoms with E-state index in [0.717, 1.165) is 22.5 Å². The van der Waals surface area contributed by atoms with Crippen LogP contribution in [0.4, 0.5) is 17.2 Å². The van der Waals surface area contributed by atoms with Gasteiger partial charge in [-0.25, -0.2) is 0 Å². The van der Waals surface area contributed by atoms with Gasteiger partial charge in [0.05, 0.1) is 0 Å². The summed E-state index contributed by atoms with van der Waals surface area (Å²) >= 11 is 0. The zero-order valence-electron chi connectivity index (χ0n) is 14.9. The quantitative estimate of drug-likeness (QED) is 0.734. The standard InChI is InChI=1S/C20H18N4O3/c1-12-4-3-5-15(13(12)2)22-20(25)16-7-9-19(24-23-16)21-14-6-8-17-18(10-14)27-11-26-17/h3-10H,11H2,1-2H3,(H,21,24)(H,22,25). The van der Waals surface area contributed by atoms with E-state index in [4.69, 9.17) is 9.47 Å². The van der Waals surface area contributed by atoms with Crippen molar-refractivity contribution in [2.24, 2.45) is 0 Å². The van der Waals surface area contributed by atoms with Crippen molar-refractivity contribution in [2.75, 3.05) is 17.4 Å². The van der Waals surface area contributed by atoms with E-state index in [0.29, 0.717) is 17.3 Å². The summed E-state index contributed by atoms with van der Waals surface area (Å²) in [7, 11) is 0. The lowest BCUT2D eigenvalue weighted by molar-refractivity contribution is 0.102. The molecule has 1 aliphatic heterocycles. The van der Waals surface area contributed by atoms with Crippen molar-refractivity contribution in [3.8, 4) is 11.5 Å². The highest BCUT2D eigenvalue weighted by molar-refractivity contribution is 6.03. The van der Waals surface area contributed by atoms with E-state index in [2.05, 4.69) is 20.8 Å². The predicted molar refractivity (Wildman–Crippen MR) is 102 cm³/mol. The molecule has 0 aliphatic carbocycles. The highest BCUT2D eigenvalue weighted by Gasteiger charge is 2.14. The Labute approximate surface area is 156 Å². The van der Waals surface area contributed by atoms with E-state index in [1.807, 2.05) is 50.2 Å².